The molecule has 1 saturated heterocycles. The van der Waals surface area contributed by atoms with Gasteiger partial charge in [0.2, 0.25) is 21.8 Å². The maximum atomic E-state index is 15.0. The molecule has 318 valence electrons. The van der Waals surface area contributed by atoms with E-state index in [1.807, 2.05) is 36.4 Å². The predicted octanol–water partition coefficient (Wildman–Crippen LogP) is 5.71. The Bertz CT molecular complexity index is 2380. The van der Waals surface area contributed by atoms with Crippen LogP contribution in [0.3, 0.4) is 0 Å². The highest BCUT2D eigenvalue weighted by atomic mass is 32.2. The molecule has 1 spiro atoms. The number of nitrogens with zero attached hydrogens (tertiary/aromatic N) is 2. The van der Waals surface area contributed by atoms with Crippen LogP contribution in [0.15, 0.2) is 60.7 Å². The van der Waals surface area contributed by atoms with E-state index < -0.39 is 73.5 Å². The van der Waals surface area contributed by atoms with Crippen molar-refractivity contribution in [3.8, 4) is 17.0 Å². The van der Waals surface area contributed by atoms with E-state index in [0.717, 1.165) is 55.0 Å². The number of aryl methyl sites for hydroxylation is 1. The topological polar surface area (TPSA) is 176 Å². The van der Waals surface area contributed by atoms with E-state index in [2.05, 4.69) is 20.7 Å². The van der Waals surface area contributed by atoms with E-state index in [4.69, 9.17) is 9.72 Å². The molecule has 5 atom stereocenters. The van der Waals surface area contributed by atoms with Crippen LogP contribution < -0.4 is 25.4 Å². The van der Waals surface area contributed by atoms with Gasteiger partial charge in [-0.25, -0.2) is 22.6 Å². The number of rotatable bonds is 6. The zero-order valence-corrected chi connectivity index (χ0v) is 34.8. The summed E-state index contributed by atoms with van der Waals surface area (Å²) in [7, 11) is -4.02. The number of nitrogens with one attached hydrogen (secondary N) is 4. The van der Waals surface area contributed by atoms with Gasteiger partial charge in [-0.3, -0.25) is 19.1 Å². The van der Waals surface area contributed by atoms with Crippen molar-refractivity contribution in [2.45, 2.75) is 137 Å². The average Bonchev–Trinajstić information content (AvgIpc) is 4.02. The molecule has 4 heterocycles. The van der Waals surface area contributed by atoms with Crippen molar-refractivity contribution in [2.24, 2.45) is 5.92 Å². The quantitative estimate of drug-likeness (QED) is 0.229. The monoisotopic (exact) mass is 840 g/mol. The minimum absolute atomic E-state index is 0.00351. The Morgan fingerprint density at radius 3 is 2.52 bits per heavy atom. The number of halogens is 1. The number of ether oxygens (including phenoxy) is 1. The van der Waals surface area contributed by atoms with Crippen LogP contribution in [0.25, 0.3) is 22.2 Å². The van der Waals surface area contributed by atoms with Crippen molar-refractivity contribution in [3.63, 3.8) is 0 Å². The lowest BCUT2D eigenvalue weighted by Gasteiger charge is -2.37. The molecule has 13 nitrogen and oxygen atoms in total. The third-order valence-corrected chi connectivity index (χ3v) is 16.0. The minimum Gasteiger partial charge on any atom is -0.483 e. The molecule has 0 unspecified atom stereocenters. The lowest BCUT2D eigenvalue weighted by Crippen LogP contribution is -2.59. The summed E-state index contributed by atoms with van der Waals surface area (Å²) in [6.45, 7) is 1.59. The number of hydrogen-bond donors (Lipinski definition) is 4. The van der Waals surface area contributed by atoms with Crippen LogP contribution >= 0.6 is 0 Å². The molecule has 0 radical (unpaired) electrons. The van der Waals surface area contributed by atoms with Crippen LogP contribution in [0.4, 0.5) is 9.18 Å². The number of carbonyl (C=O) groups is 4. The molecule has 2 aromatic carbocycles. The van der Waals surface area contributed by atoms with Crippen molar-refractivity contribution in [1.29, 1.82) is 0 Å². The molecule has 4 fully saturated rings. The predicted molar refractivity (Wildman–Crippen MR) is 223 cm³/mol. The van der Waals surface area contributed by atoms with Crippen LogP contribution in [0.5, 0.6) is 5.75 Å². The summed E-state index contributed by atoms with van der Waals surface area (Å²) in [5, 5.41) is 9.85. The summed E-state index contributed by atoms with van der Waals surface area (Å²) in [5.74, 6) is -2.27. The number of para-hydroxylation sites is 1. The fourth-order valence-electron chi connectivity index (χ4n) is 9.77. The lowest BCUT2D eigenvalue weighted by molar-refractivity contribution is -0.141. The smallest absolute Gasteiger partial charge is 0.315 e. The number of urea groups is 1. The second kappa shape index (κ2) is 15.4. The van der Waals surface area contributed by atoms with Gasteiger partial charge in [-0.1, -0.05) is 68.2 Å². The van der Waals surface area contributed by atoms with Gasteiger partial charge in [0.25, 0.3) is 5.91 Å². The first-order chi connectivity index (χ1) is 28.8. The van der Waals surface area contributed by atoms with Gasteiger partial charge in [0, 0.05) is 34.9 Å². The number of aromatic nitrogens is 1. The number of carbonyl (C=O) groups excluding carboxylic acids is 4. The highest BCUT2D eigenvalue weighted by Gasteiger charge is 2.64. The van der Waals surface area contributed by atoms with Gasteiger partial charge in [-0.15, -0.1) is 0 Å². The molecule has 15 heteroatoms. The van der Waals surface area contributed by atoms with Crippen molar-refractivity contribution < 1.29 is 36.7 Å². The third kappa shape index (κ3) is 7.62. The van der Waals surface area contributed by atoms with Crippen molar-refractivity contribution in [1.82, 2.24) is 30.6 Å². The zero-order chi connectivity index (χ0) is 41.9. The molecule has 3 aromatic rings. The molecule has 5 amide bonds. The van der Waals surface area contributed by atoms with E-state index in [-0.39, 0.29) is 25.4 Å². The van der Waals surface area contributed by atoms with E-state index >= 15 is 0 Å². The lowest BCUT2D eigenvalue weighted by atomic mass is 9.86. The van der Waals surface area contributed by atoms with Gasteiger partial charge in [0.15, 0.2) is 0 Å². The van der Waals surface area contributed by atoms with E-state index in [1.165, 1.54) is 17.0 Å². The molecule has 9 rings (SSSR count). The highest BCUT2D eigenvalue weighted by Crippen LogP contribution is 2.50. The average molecular weight is 841 g/mol. The molecule has 0 bridgehead atoms. The number of hydrogen-bond acceptors (Lipinski definition) is 8. The van der Waals surface area contributed by atoms with Gasteiger partial charge in [-0.2, -0.15) is 0 Å². The number of benzene rings is 2. The second-order valence-electron chi connectivity index (χ2n) is 18.1. The van der Waals surface area contributed by atoms with Crippen molar-refractivity contribution in [3.05, 3.63) is 72.1 Å². The molecule has 1 aromatic heterocycles. The fraction of sp³-hybridized carbons (Fsp3) is 0.533. The Kier molecular flexibility index (Phi) is 10.4. The molecule has 60 heavy (non-hydrogen) atoms. The summed E-state index contributed by atoms with van der Waals surface area (Å²) in [6.07, 6.45) is 13.0. The van der Waals surface area contributed by atoms with Crippen LogP contribution in [0.2, 0.25) is 0 Å². The zero-order valence-electron chi connectivity index (χ0n) is 33.9. The Morgan fingerprint density at radius 1 is 0.950 bits per heavy atom. The number of pyridine rings is 1. The first-order valence-corrected chi connectivity index (χ1v) is 23.1. The van der Waals surface area contributed by atoms with Crippen molar-refractivity contribution >= 4 is 44.7 Å². The molecule has 3 aliphatic heterocycles. The SMILES string of the molecule is CC1(S(=O)(=O)NC(=O)[C@@]23C[C@H]2/C=C\CCCCC[C@H](NC(=O)NC2CCCC2)C(=O)N2C[C@@]4(CCc5c(c(-c6cccc(F)c6)nc6ccccc56)O4)C[C@H]2C(=O)N3)CC1. The van der Waals surface area contributed by atoms with Crippen molar-refractivity contribution in [2.75, 3.05) is 6.54 Å². The number of fused-ring (bicyclic) bond motifs is 5. The van der Waals surface area contributed by atoms with Gasteiger partial charge in [0.05, 0.1) is 16.8 Å². The van der Waals surface area contributed by atoms with Gasteiger partial charge >= 0.3 is 6.03 Å². The summed E-state index contributed by atoms with van der Waals surface area (Å²) in [4.78, 5) is 63.8. The number of sulfonamides is 1. The third-order valence-electron chi connectivity index (χ3n) is 13.8. The normalized spacial score (nSPS) is 29.5. The summed E-state index contributed by atoms with van der Waals surface area (Å²) in [6, 6.07) is 11.3. The summed E-state index contributed by atoms with van der Waals surface area (Å²) in [5.41, 5.74) is -0.0573. The molecule has 3 saturated carbocycles. The van der Waals surface area contributed by atoms with Crippen LogP contribution in [-0.4, -0.2) is 82.6 Å². The number of amides is 5. The Labute approximate surface area is 349 Å². The molecule has 6 aliphatic rings. The Morgan fingerprint density at radius 2 is 1.73 bits per heavy atom. The van der Waals surface area contributed by atoms with Gasteiger partial charge < -0.3 is 25.6 Å². The number of allylic oxidation sites excluding steroid dienone is 1. The van der Waals surface area contributed by atoms with Crippen LogP contribution in [-0.2, 0) is 30.8 Å². The van der Waals surface area contributed by atoms with E-state index in [1.54, 1.807) is 19.1 Å². The molecule has 4 N–H and O–H groups in total. The maximum Gasteiger partial charge on any atom is 0.315 e. The minimum atomic E-state index is -4.02. The summed E-state index contributed by atoms with van der Waals surface area (Å²) >= 11 is 0. The molecular formula is C45H53FN6O7S. The first-order valence-electron chi connectivity index (χ1n) is 21.6. The standard InChI is InChI=1S/C45H53FN6O7S/c1-43(22-23-43)60(57,58)51-41(55)45-25-29(45)13-5-3-2-4-6-19-35(49-42(56)47-31-15-7-8-16-31)40(54)52-27-44(26-36(52)39(53)50-45)21-20-33-32-17-9-10-18-34(32)48-37(38(33)59-44)28-12-11-14-30(46)24-28/h5,9-14,17-18,24,29,31,35-36H,2-4,6-8,15-16,19-23,25-27H2,1H3,(H,50,53)(H,51,55)(H2,47,49,56)/b13-5-/t29-,35+,36+,44-,45-/m1/s1. The van der Waals surface area contributed by atoms with E-state index in [9.17, 15) is 32.0 Å². The summed E-state index contributed by atoms with van der Waals surface area (Å²) < 4.78 is 49.6. The fourth-order valence-corrected chi connectivity index (χ4v) is 11.1. The van der Waals surface area contributed by atoms with E-state index in [0.29, 0.717) is 62.0 Å². The Balaban J connectivity index is 1.08. The molecular weight excluding hydrogens is 788 g/mol. The largest absolute Gasteiger partial charge is 0.483 e. The Hall–Kier alpha value is -5.05. The molecule has 3 aliphatic carbocycles. The van der Waals surface area contributed by atoms with Gasteiger partial charge in [-0.05, 0) is 89.3 Å². The maximum absolute atomic E-state index is 15.0. The van der Waals surface area contributed by atoms with Gasteiger partial charge in [0.1, 0.15) is 40.5 Å². The first kappa shape index (κ1) is 40.4. The van der Waals surface area contributed by atoms with Crippen LogP contribution in [0, 0.1) is 11.7 Å². The second-order valence-corrected chi connectivity index (χ2v) is 20.3. The highest BCUT2D eigenvalue weighted by molar-refractivity contribution is 7.91. The van der Waals surface area contributed by atoms with Crippen LogP contribution in [0.1, 0.15) is 102 Å².